The van der Waals surface area contributed by atoms with Crippen LogP contribution in [0.1, 0.15) is 50.7 Å². The fraction of sp³-hybridized carbons (Fsp3) is 0.526. The number of nitrogens with one attached hydrogen (secondary N) is 1. The summed E-state index contributed by atoms with van der Waals surface area (Å²) in [5.74, 6) is 0.330. The summed E-state index contributed by atoms with van der Waals surface area (Å²) < 4.78 is 5.53. The first-order valence-electron chi connectivity index (χ1n) is 8.66. The molecule has 5 heteroatoms. The number of carbonyl (C=O) groups is 1. The summed E-state index contributed by atoms with van der Waals surface area (Å²) in [5, 5.41) is 1.22. The fourth-order valence-electron chi connectivity index (χ4n) is 3.49. The van der Waals surface area contributed by atoms with E-state index in [1.165, 1.54) is 10.9 Å². The standard InChI is InChI=1S/C19H27N3O2/c1-19(2,3)24-18(23)22-10-4-5-14(12-22)15-7-6-13(11-20)17-16(15)8-9-21-17/h6-9,14,21H,4-5,10-12,20H2,1-3H3. The van der Waals surface area contributed by atoms with Gasteiger partial charge in [0.05, 0.1) is 5.52 Å². The van der Waals surface area contributed by atoms with Gasteiger partial charge in [-0.1, -0.05) is 12.1 Å². The van der Waals surface area contributed by atoms with Crippen molar-refractivity contribution in [3.8, 4) is 0 Å². The quantitative estimate of drug-likeness (QED) is 0.881. The maximum absolute atomic E-state index is 12.4. The minimum Gasteiger partial charge on any atom is -0.444 e. The van der Waals surface area contributed by atoms with Gasteiger partial charge in [0.1, 0.15) is 5.60 Å². The molecule has 24 heavy (non-hydrogen) atoms. The summed E-state index contributed by atoms with van der Waals surface area (Å²) in [6.45, 7) is 7.70. The molecule has 1 aliphatic heterocycles. The van der Waals surface area contributed by atoms with Crippen LogP contribution in [0, 0.1) is 0 Å². The Kier molecular flexibility index (Phi) is 4.54. The molecule has 3 rings (SSSR count). The molecule has 1 fully saturated rings. The van der Waals surface area contributed by atoms with Gasteiger partial charge >= 0.3 is 6.09 Å². The Labute approximate surface area is 143 Å². The molecular weight excluding hydrogens is 302 g/mol. The van der Waals surface area contributed by atoms with Crippen LogP contribution in [0.3, 0.4) is 0 Å². The van der Waals surface area contributed by atoms with Crippen LogP contribution in [0.2, 0.25) is 0 Å². The number of amides is 1. The number of nitrogens with zero attached hydrogens (tertiary/aromatic N) is 1. The molecule has 1 aromatic carbocycles. The molecule has 0 radical (unpaired) electrons. The highest BCUT2D eigenvalue weighted by Gasteiger charge is 2.29. The van der Waals surface area contributed by atoms with E-state index in [1.807, 2.05) is 31.9 Å². The molecule has 0 saturated carbocycles. The van der Waals surface area contributed by atoms with Crippen molar-refractivity contribution in [3.05, 3.63) is 35.5 Å². The van der Waals surface area contributed by atoms with Crippen LogP contribution in [0.4, 0.5) is 4.79 Å². The maximum Gasteiger partial charge on any atom is 0.410 e. The summed E-state index contributed by atoms with van der Waals surface area (Å²) in [4.78, 5) is 17.5. The second-order valence-corrected chi connectivity index (χ2v) is 7.55. The summed E-state index contributed by atoms with van der Waals surface area (Å²) in [6.07, 6.45) is 3.83. The maximum atomic E-state index is 12.4. The Morgan fingerprint density at radius 3 is 2.88 bits per heavy atom. The van der Waals surface area contributed by atoms with Gasteiger partial charge < -0.3 is 20.4 Å². The average molecular weight is 329 g/mol. The molecule has 1 saturated heterocycles. The topological polar surface area (TPSA) is 71.3 Å². The second kappa shape index (κ2) is 6.48. The van der Waals surface area contributed by atoms with E-state index in [2.05, 4.69) is 23.2 Å². The number of nitrogens with two attached hydrogens (primary N) is 1. The Bertz CT molecular complexity index is 730. The number of ether oxygens (including phenoxy) is 1. The highest BCUT2D eigenvalue weighted by molar-refractivity contribution is 5.86. The number of fused-ring (bicyclic) bond motifs is 1. The molecule has 1 atom stereocenters. The van der Waals surface area contributed by atoms with E-state index in [9.17, 15) is 4.79 Å². The molecule has 3 N–H and O–H groups in total. The number of hydrogen-bond donors (Lipinski definition) is 2. The van der Waals surface area contributed by atoms with Gasteiger partial charge in [-0.25, -0.2) is 4.79 Å². The Balaban J connectivity index is 1.83. The zero-order valence-electron chi connectivity index (χ0n) is 14.8. The number of piperidine rings is 1. The van der Waals surface area contributed by atoms with Crippen LogP contribution in [0.25, 0.3) is 10.9 Å². The lowest BCUT2D eigenvalue weighted by Gasteiger charge is -2.34. The highest BCUT2D eigenvalue weighted by atomic mass is 16.6. The molecule has 0 bridgehead atoms. The van der Waals surface area contributed by atoms with Crippen molar-refractivity contribution in [2.45, 2.75) is 51.7 Å². The number of hydrogen-bond acceptors (Lipinski definition) is 3. The molecule has 1 aromatic heterocycles. The van der Waals surface area contributed by atoms with Gasteiger partial charge in [0.25, 0.3) is 0 Å². The van der Waals surface area contributed by atoms with Gasteiger partial charge in [-0.15, -0.1) is 0 Å². The van der Waals surface area contributed by atoms with Gasteiger partial charge in [-0.05, 0) is 50.8 Å². The average Bonchev–Trinajstić information content (AvgIpc) is 3.02. The number of aromatic nitrogens is 1. The zero-order valence-corrected chi connectivity index (χ0v) is 14.8. The van der Waals surface area contributed by atoms with Gasteiger partial charge in [0, 0.05) is 37.1 Å². The van der Waals surface area contributed by atoms with Gasteiger partial charge in [0.2, 0.25) is 0 Å². The normalized spacial score (nSPS) is 18.8. The molecule has 0 spiro atoms. The van der Waals surface area contributed by atoms with E-state index in [0.29, 0.717) is 19.0 Å². The number of likely N-dealkylation sites (tertiary alicyclic amines) is 1. The van der Waals surface area contributed by atoms with Crippen molar-refractivity contribution in [3.63, 3.8) is 0 Å². The molecule has 2 aromatic rings. The van der Waals surface area contributed by atoms with Crippen molar-refractivity contribution in [2.75, 3.05) is 13.1 Å². The lowest BCUT2D eigenvalue weighted by atomic mass is 9.88. The van der Waals surface area contributed by atoms with Crippen LogP contribution < -0.4 is 5.73 Å². The third-order valence-electron chi connectivity index (χ3n) is 4.58. The van der Waals surface area contributed by atoms with Crippen molar-refractivity contribution in [1.82, 2.24) is 9.88 Å². The first-order valence-corrected chi connectivity index (χ1v) is 8.66. The molecule has 0 aliphatic carbocycles. The zero-order chi connectivity index (χ0) is 17.3. The third-order valence-corrected chi connectivity index (χ3v) is 4.58. The number of benzene rings is 1. The summed E-state index contributed by atoms with van der Waals surface area (Å²) in [7, 11) is 0. The number of aromatic amines is 1. The Morgan fingerprint density at radius 2 is 2.17 bits per heavy atom. The largest absolute Gasteiger partial charge is 0.444 e. The van der Waals surface area contributed by atoms with Crippen molar-refractivity contribution < 1.29 is 9.53 Å². The van der Waals surface area contributed by atoms with Crippen molar-refractivity contribution >= 4 is 17.0 Å². The summed E-state index contributed by atoms with van der Waals surface area (Å²) in [5.41, 5.74) is 8.90. The third kappa shape index (κ3) is 3.41. The highest BCUT2D eigenvalue weighted by Crippen LogP contribution is 2.33. The Morgan fingerprint density at radius 1 is 1.38 bits per heavy atom. The van der Waals surface area contributed by atoms with Gasteiger partial charge in [0.15, 0.2) is 0 Å². The van der Waals surface area contributed by atoms with E-state index in [0.717, 1.165) is 30.5 Å². The van der Waals surface area contributed by atoms with Crippen molar-refractivity contribution in [1.29, 1.82) is 0 Å². The molecule has 1 unspecified atom stereocenters. The minimum absolute atomic E-state index is 0.212. The van der Waals surface area contributed by atoms with E-state index >= 15 is 0 Å². The van der Waals surface area contributed by atoms with Gasteiger partial charge in [-0.2, -0.15) is 0 Å². The first kappa shape index (κ1) is 16.8. The van der Waals surface area contributed by atoms with Gasteiger partial charge in [-0.3, -0.25) is 0 Å². The first-order chi connectivity index (χ1) is 11.4. The lowest BCUT2D eigenvalue weighted by Crippen LogP contribution is -2.42. The fourth-order valence-corrected chi connectivity index (χ4v) is 3.49. The molecule has 2 heterocycles. The molecule has 130 valence electrons. The summed E-state index contributed by atoms with van der Waals surface area (Å²) >= 11 is 0. The monoisotopic (exact) mass is 329 g/mol. The van der Waals surface area contributed by atoms with Crippen LogP contribution in [0.15, 0.2) is 24.4 Å². The SMILES string of the molecule is CC(C)(C)OC(=O)N1CCCC(c2ccc(CN)c3[nH]ccc23)C1. The molecular formula is C19H27N3O2. The van der Waals surface area contributed by atoms with E-state index in [1.54, 1.807) is 0 Å². The van der Waals surface area contributed by atoms with Crippen LogP contribution >= 0.6 is 0 Å². The number of rotatable bonds is 2. The number of H-pyrrole nitrogens is 1. The minimum atomic E-state index is -0.458. The van der Waals surface area contributed by atoms with E-state index in [4.69, 9.17) is 10.5 Å². The summed E-state index contributed by atoms with van der Waals surface area (Å²) in [6, 6.07) is 6.37. The predicted molar refractivity (Wildman–Crippen MR) is 96.0 cm³/mol. The van der Waals surface area contributed by atoms with Crippen LogP contribution in [-0.4, -0.2) is 34.7 Å². The molecule has 1 aliphatic rings. The number of carbonyl (C=O) groups excluding carboxylic acids is 1. The van der Waals surface area contributed by atoms with E-state index in [-0.39, 0.29) is 6.09 Å². The molecule has 5 nitrogen and oxygen atoms in total. The van der Waals surface area contributed by atoms with Crippen LogP contribution in [0.5, 0.6) is 0 Å². The second-order valence-electron chi connectivity index (χ2n) is 7.55. The molecule has 1 amide bonds. The smallest absolute Gasteiger partial charge is 0.410 e. The van der Waals surface area contributed by atoms with E-state index < -0.39 is 5.60 Å². The van der Waals surface area contributed by atoms with Crippen LogP contribution in [-0.2, 0) is 11.3 Å². The lowest BCUT2D eigenvalue weighted by molar-refractivity contribution is 0.0198. The Hall–Kier alpha value is -2.01. The predicted octanol–water partition coefficient (Wildman–Crippen LogP) is 3.74. The van der Waals surface area contributed by atoms with Crippen molar-refractivity contribution in [2.24, 2.45) is 5.73 Å².